The minimum absolute atomic E-state index is 0.550. The number of esters is 6. The molecule has 162 valence electrons. The van der Waals surface area contributed by atoms with Gasteiger partial charge in [0.2, 0.25) is 6.10 Å². The minimum Gasteiger partial charge on any atom is -0.462 e. The van der Waals surface area contributed by atoms with E-state index in [1.165, 1.54) is 0 Å². The summed E-state index contributed by atoms with van der Waals surface area (Å²) >= 11 is 0. The number of ether oxygens (including phenoxy) is 6. The summed E-state index contributed by atoms with van der Waals surface area (Å²) in [5.74, 6) is -5.16. The summed E-state index contributed by atoms with van der Waals surface area (Å²) in [6, 6.07) is 0. The van der Waals surface area contributed by atoms with Crippen LogP contribution in [0.2, 0.25) is 0 Å². The van der Waals surface area contributed by atoms with Gasteiger partial charge in [-0.3, -0.25) is 24.0 Å². The van der Waals surface area contributed by atoms with E-state index in [9.17, 15) is 28.8 Å². The molecule has 0 amide bonds. The van der Waals surface area contributed by atoms with E-state index in [4.69, 9.17) is 28.4 Å². The maximum Gasteiger partial charge on any atom is 0.352 e. The molecule has 0 bridgehead atoms. The van der Waals surface area contributed by atoms with Gasteiger partial charge in [-0.05, 0) is 0 Å². The van der Waals surface area contributed by atoms with E-state index in [0.717, 1.165) is 34.6 Å². The molecule has 0 aromatic heterocycles. The summed E-state index contributed by atoms with van der Waals surface area (Å²) < 4.78 is 30.0. The Balaban J connectivity index is 3.31. The van der Waals surface area contributed by atoms with E-state index in [1.807, 2.05) is 0 Å². The number of hydrogen-bond acceptors (Lipinski definition) is 12. The van der Waals surface area contributed by atoms with Crippen molar-refractivity contribution in [3.8, 4) is 0 Å². The van der Waals surface area contributed by atoms with Gasteiger partial charge in [-0.25, -0.2) is 4.79 Å². The summed E-state index contributed by atoms with van der Waals surface area (Å²) in [7, 11) is 0. The number of carbonyl (C=O) groups is 6. The summed E-state index contributed by atoms with van der Waals surface area (Å²) in [6.07, 6.45) is -7.61. The molecule has 12 nitrogen and oxygen atoms in total. The van der Waals surface area contributed by atoms with Crippen LogP contribution < -0.4 is 0 Å². The van der Waals surface area contributed by atoms with Gasteiger partial charge < -0.3 is 28.4 Å². The predicted octanol–water partition coefficient (Wildman–Crippen LogP) is -0.798. The quantitative estimate of drug-likeness (QED) is 0.357. The summed E-state index contributed by atoms with van der Waals surface area (Å²) in [5.41, 5.74) is 0. The van der Waals surface area contributed by atoms with Crippen molar-refractivity contribution in [2.24, 2.45) is 0 Å². The highest BCUT2D eigenvalue weighted by Gasteiger charge is 2.56. The van der Waals surface area contributed by atoms with Crippen LogP contribution in [0.1, 0.15) is 34.6 Å². The number of carbonyl (C=O) groups excluding carboxylic acids is 6. The van der Waals surface area contributed by atoms with Gasteiger partial charge in [0.05, 0.1) is 0 Å². The zero-order valence-corrected chi connectivity index (χ0v) is 16.5. The third-order valence-corrected chi connectivity index (χ3v) is 3.46. The third kappa shape index (κ3) is 7.39. The lowest BCUT2D eigenvalue weighted by Gasteiger charge is -2.31. The molecular weight excluding hydrogens is 396 g/mol. The molecule has 0 N–H and O–H groups in total. The lowest BCUT2D eigenvalue weighted by atomic mass is 10.0. The SMILES string of the molecule is CC(=O)OCC(OC(C)=O)C(OC(C)=O)C1OC(=O)C(OC(C)=O)C1OC(C)=O. The van der Waals surface area contributed by atoms with E-state index in [-0.39, 0.29) is 0 Å². The molecule has 0 aliphatic carbocycles. The van der Waals surface area contributed by atoms with Crippen molar-refractivity contribution in [3.05, 3.63) is 0 Å². The highest BCUT2D eigenvalue weighted by Crippen LogP contribution is 2.29. The number of rotatable bonds is 8. The Morgan fingerprint density at radius 2 is 1.38 bits per heavy atom. The van der Waals surface area contributed by atoms with E-state index in [2.05, 4.69) is 0 Å². The van der Waals surface area contributed by atoms with Crippen LogP contribution in [0.4, 0.5) is 0 Å². The molecule has 5 unspecified atom stereocenters. The Labute approximate surface area is 165 Å². The summed E-state index contributed by atoms with van der Waals surface area (Å²) in [6.45, 7) is 4.69. The lowest BCUT2D eigenvalue weighted by Crippen LogP contribution is -2.52. The Kier molecular flexibility index (Phi) is 8.55. The van der Waals surface area contributed by atoms with E-state index in [0.29, 0.717) is 0 Å². The van der Waals surface area contributed by atoms with Crippen LogP contribution in [0.5, 0.6) is 0 Å². The average Bonchev–Trinajstić information content (AvgIpc) is 2.84. The van der Waals surface area contributed by atoms with Crippen molar-refractivity contribution in [1.82, 2.24) is 0 Å². The maximum absolute atomic E-state index is 12.2. The van der Waals surface area contributed by atoms with Crippen molar-refractivity contribution in [2.75, 3.05) is 6.61 Å². The van der Waals surface area contributed by atoms with Crippen LogP contribution in [-0.4, -0.2) is 72.9 Å². The highest BCUT2D eigenvalue weighted by atomic mass is 16.7. The molecular formula is C17H22O12. The molecule has 0 saturated carbocycles. The van der Waals surface area contributed by atoms with Gasteiger partial charge >= 0.3 is 35.8 Å². The van der Waals surface area contributed by atoms with Crippen molar-refractivity contribution < 1.29 is 57.2 Å². The van der Waals surface area contributed by atoms with Gasteiger partial charge in [0, 0.05) is 34.6 Å². The molecule has 12 heteroatoms. The van der Waals surface area contributed by atoms with Gasteiger partial charge in [0.1, 0.15) is 6.61 Å². The molecule has 1 saturated heterocycles. The second-order valence-electron chi connectivity index (χ2n) is 6.03. The van der Waals surface area contributed by atoms with Crippen LogP contribution >= 0.6 is 0 Å². The standard InChI is InChI=1S/C17H22O12/c1-7(18)24-6-12(25-8(2)19)13(26-9(3)20)14-15(27-10(4)21)16(17(23)29-14)28-11(5)22/h12-16H,6H2,1-5H3. The second-order valence-corrected chi connectivity index (χ2v) is 6.03. The molecule has 29 heavy (non-hydrogen) atoms. The molecule has 0 aromatic rings. The van der Waals surface area contributed by atoms with Gasteiger partial charge in [0.15, 0.2) is 24.4 Å². The topological polar surface area (TPSA) is 158 Å². The fourth-order valence-corrected chi connectivity index (χ4v) is 2.60. The number of cyclic esters (lactones) is 1. The first-order chi connectivity index (χ1) is 13.4. The summed E-state index contributed by atoms with van der Waals surface area (Å²) in [4.78, 5) is 69.2. The van der Waals surface area contributed by atoms with Crippen molar-refractivity contribution in [3.63, 3.8) is 0 Å². The van der Waals surface area contributed by atoms with E-state index >= 15 is 0 Å². The first kappa shape index (κ1) is 23.9. The third-order valence-electron chi connectivity index (χ3n) is 3.46. The average molecular weight is 418 g/mol. The molecule has 1 aliphatic heterocycles. The van der Waals surface area contributed by atoms with Crippen LogP contribution in [0.3, 0.4) is 0 Å². The molecule has 1 rings (SSSR count). The van der Waals surface area contributed by atoms with Crippen LogP contribution in [0.25, 0.3) is 0 Å². The van der Waals surface area contributed by atoms with Gasteiger partial charge in [-0.2, -0.15) is 0 Å². The molecule has 0 aromatic carbocycles. The molecule has 0 radical (unpaired) electrons. The van der Waals surface area contributed by atoms with E-state index in [1.54, 1.807) is 0 Å². The fourth-order valence-electron chi connectivity index (χ4n) is 2.60. The lowest BCUT2D eigenvalue weighted by molar-refractivity contribution is -0.192. The second kappa shape index (κ2) is 10.4. The van der Waals surface area contributed by atoms with Crippen LogP contribution in [0.15, 0.2) is 0 Å². The van der Waals surface area contributed by atoms with Crippen molar-refractivity contribution >= 4 is 35.8 Å². The van der Waals surface area contributed by atoms with Gasteiger partial charge in [-0.15, -0.1) is 0 Å². The predicted molar refractivity (Wildman–Crippen MR) is 88.7 cm³/mol. The van der Waals surface area contributed by atoms with Crippen molar-refractivity contribution in [1.29, 1.82) is 0 Å². The largest absolute Gasteiger partial charge is 0.462 e. The maximum atomic E-state index is 12.2. The first-order valence-corrected chi connectivity index (χ1v) is 8.45. The smallest absolute Gasteiger partial charge is 0.352 e. The fraction of sp³-hybridized carbons (Fsp3) is 0.647. The van der Waals surface area contributed by atoms with Gasteiger partial charge in [-0.1, -0.05) is 0 Å². The molecule has 5 atom stereocenters. The Bertz CT molecular complexity index is 684. The first-order valence-electron chi connectivity index (χ1n) is 8.45. The molecule has 0 spiro atoms. The van der Waals surface area contributed by atoms with Gasteiger partial charge in [0.25, 0.3) is 0 Å². The van der Waals surface area contributed by atoms with Crippen LogP contribution in [-0.2, 0) is 57.2 Å². The Morgan fingerprint density at radius 1 is 0.828 bits per heavy atom. The van der Waals surface area contributed by atoms with E-state index < -0.39 is 72.9 Å². The monoisotopic (exact) mass is 418 g/mol. The normalized spacial score (nSPS) is 22.5. The minimum atomic E-state index is -1.63. The number of hydrogen-bond donors (Lipinski definition) is 0. The highest BCUT2D eigenvalue weighted by molar-refractivity contribution is 5.82. The molecule has 1 fully saturated rings. The Morgan fingerprint density at radius 3 is 1.83 bits per heavy atom. The molecule has 1 aliphatic rings. The Hall–Kier alpha value is -3.18. The van der Waals surface area contributed by atoms with Crippen molar-refractivity contribution in [2.45, 2.75) is 65.1 Å². The zero-order chi connectivity index (χ0) is 22.3. The zero-order valence-electron chi connectivity index (χ0n) is 16.5. The summed E-state index contributed by atoms with van der Waals surface area (Å²) in [5, 5.41) is 0. The molecule has 1 heterocycles. The van der Waals surface area contributed by atoms with Crippen LogP contribution in [0, 0.1) is 0 Å².